The molecule has 1 aromatic rings. The van der Waals surface area contributed by atoms with Crippen molar-refractivity contribution in [1.29, 1.82) is 0 Å². The molecule has 1 aromatic carbocycles. The molecule has 0 unspecified atom stereocenters. The number of rotatable bonds is 3. The van der Waals surface area contributed by atoms with Crippen LogP contribution in [0.15, 0.2) is 30.3 Å². The molecule has 0 saturated heterocycles. The van der Waals surface area contributed by atoms with Crippen LogP contribution < -0.4 is 56.5 Å². The molecule has 13 heavy (non-hydrogen) atoms. The predicted molar refractivity (Wildman–Crippen MR) is 41.2 cm³/mol. The largest absolute Gasteiger partial charge is 1.00 e. The smallest absolute Gasteiger partial charge is 0.547 e. The molecule has 0 spiro atoms. The van der Waals surface area contributed by atoms with Crippen molar-refractivity contribution in [2.24, 2.45) is 0 Å². The van der Waals surface area contributed by atoms with Gasteiger partial charge < -0.3 is 14.6 Å². The van der Waals surface area contributed by atoms with Gasteiger partial charge in [0.05, 0.1) is 5.97 Å². The van der Waals surface area contributed by atoms with E-state index in [0.29, 0.717) is 5.56 Å². The first kappa shape index (κ1) is 13.3. The number of carbonyl (C=O) groups excluding carboxylic acids is 1. The molecule has 0 heterocycles. The first-order valence-electron chi connectivity index (χ1n) is 3.54. The van der Waals surface area contributed by atoms with Crippen LogP contribution in [0.1, 0.15) is 11.7 Å². The molecule has 0 radical (unpaired) electrons. The van der Waals surface area contributed by atoms with Crippen LogP contribution in [-0.4, -0.2) is 13.1 Å². The van der Waals surface area contributed by atoms with Crippen LogP contribution in [-0.2, 0) is 9.53 Å². The Morgan fingerprint density at radius 2 is 1.92 bits per heavy atom. The van der Waals surface area contributed by atoms with Gasteiger partial charge in [0.15, 0.2) is 0 Å². The molecular weight excluding hydrogens is 195 g/mol. The number of methoxy groups -OCH3 is 1. The Kier molecular flexibility index (Phi) is 6.85. The maximum absolute atomic E-state index is 10.5. The molecule has 3 nitrogen and oxygen atoms in total. The Labute approximate surface area is 120 Å². The minimum absolute atomic E-state index is 0. The van der Waals surface area contributed by atoms with Crippen LogP contribution in [0.2, 0.25) is 0 Å². The second kappa shape index (κ2) is 6.70. The molecule has 64 valence electrons. The van der Waals surface area contributed by atoms with E-state index >= 15 is 0 Å². The average Bonchev–Trinajstić information content (AvgIpc) is 2.07. The van der Waals surface area contributed by atoms with Gasteiger partial charge >= 0.3 is 51.4 Å². The van der Waals surface area contributed by atoms with Gasteiger partial charge in [-0.1, -0.05) is 30.3 Å². The molecular formula is C9H9KO3. The topological polar surface area (TPSA) is 49.4 Å². The molecule has 1 rings (SSSR count). The predicted octanol–water partition coefficient (Wildman–Crippen LogP) is -2.87. The SMILES string of the molecule is CO[C@@H](C(=O)[O-])c1ccccc1.[K+]. The number of benzene rings is 1. The number of carbonyl (C=O) groups is 1. The number of hydrogen-bond donors (Lipinski definition) is 0. The van der Waals surface area contributed by atoms with Gasteiger partial charge in [-0.3, -0.25) is 0 Å². The summed E-state index contributed by atoms with van der Waals surface area (Å²) in [6.45, 7) is 0. The minimum Gasteiger partial charge on any atom is -0.547 e. The Balaban J connectivity index is 0.00000144. The maximum Gasteiger partial charge on any atom is 1.00 e. The third-order valence-electron chi connectivity index (χ3n) is 1.55. The van der Waals surface area contributed by atoms with Gasteiger partial charge in [0.25, 0.3) is 0 Å². The van der Waals surface area contributed by atoms with Crippen molar-refractivity contribution in [3.05, 3.63) is 35.9 Å². The second-order valence-corrected chi connectivity index (χ2v) is 2.35. The van der Waals surface area contributed by atoms with Crippen LogP contribution in [0.3, 0.4) is 0 Å². The minimum atomic E-state index is -1.22. The molecule has 0 fully saturated rings. The van der Waals surface area contributed by atoms with E-state index in [0.717, 1.165) is 0 Å². The van der Waals surface area contributed by atoms with E-state index in [9.17, 15) is 9.90 Å². The molecule has 0 bridgehead atoms. The monoisotopic (exact) mass is 204 g/mol. The van der Waals surface area contributed by atoms with Crippen molar-refractivity contribution in [3.63, 3.8) is 0 Å². The molecule has 0 aliphatic carbocycles. The van der Waals surface area contributed by atoms with Gasteiger partial charge in [0.1, 0.15) is 6.10 Å². The van der Waals surface area contributed by atoms with Crippen LogP contribution in [0.4, 0.5) is 0 Å². The summed E-state index contributed by atoms with van der Waals surface area (Å²) < 4.78 is 4.74. The fourth-order valence-electron chi connectivity index (χ4n) is 0.996. The third-order valence-corrected chi connectivity index (χ3v) is 1.55. The second-order valence-electron chi connectivity index (χ2n) is 2.35. The third kappa shape index (κ3) is 3.89. The van der Waals surface area contributed by atoms with E-state index in [1.54, 1.807) is 24.3 Å². The summed E-state index contributed by atoms with van der Waals surface area (Å²) in [6.07, 6.45) is -0.966. The van der Waals surface area contributed by atoms with Crippen LogP contribution in [0, 0.1) is 0 Å². The van der Waals surface area contributed by atoms with Crippen molar-refractivity contribution >= 4 is 5.97 Å². The normalized spacial score (nSPS) is 11.5. The van der Waals surface area contributed by atoms with E-state index in [4.69, 9.17) is 4.74 Å². The Bertz CT molecular complexity index is 261. The molecule has 0 aliphatic heterocycles. The summed E-state index contributed by atoms with van der Waals surface area (Å²) in [4.78, 5) is 10.5. The van der Waals surface area contributed by atoms with Gasteiger partial charge in [0.2, 0.25) is 0 Å². The standard InChI is InChI=1S/C9H10O3.K/c1-12-8(9(10)11)7-5-3-2-4-6-7;/h2-6,8H,1H3,(H,10,11);/q;+1/p-1/t8-;/m1./s1. The quantitative estimate of drug-likeness (QED) is 0.497. The maximum atomic E-state index is 10.5. The van der Waals surface area contributed by atoms with E-state index in [2.05, 4.69) is 0 Å². The average molecular weight is 204 g/mol. The zero-order valence-electron chi connectivity index (χ0n) is 7.69. The van der Waals surface area contributed by atoms with E-state index in [1.807, 2.05) is 6.07 Å². The molecule has 0 N–H and O–H groups in total. The van der Waals surface area contributed by atoms with Crippen molar-refractivity contribution in [3.8, 4) is 0 Å². The van der Waals surface area contributed by atoms with Crippen LogP contribution in [0.5, 0.6) is 0 Å². The fourth-order valence-corrected chi connectivity index (χ4v) is 0.996. The summed E-state index contributed by atoms with van der Waals surface area (Å²) in [6, 6.07) is 8.69. The van der Waals surface area contributed by atoms with Crippen molar-refractivity contribution in [2.45, 2.75) is 6.10 Å². The summed E-state index contributed by atoms with van der Waals surface area (Å²) in [7, 11) is 1.34. The number of aliphatic carboxylic acids is 1. The van der Waals surface area contributed by atoms with E-state index < -0.39 is 12.1 Å². The summed E-state index contributed by atoms with van der Waals surface area (Å²) in [5, 5.41) is 10.5. The Morgan fingerprint density at radius 3 is 2.31 bits per heavy atom. The summed E-state index contributed by atoms with van der Waals surface area (Å²) in [5.41, 5.74) is 0.597. The van der Waals surface area contributed by atoms with Gasteiger partial charge in [0, 0.05) is 7.11 Å². The van der Waals surface area contributed by atoms with Gasteiger partial charge in [-0.15, -0.1) is 0 Å². The zero-order valence-corrected chi connectivity index (χ0v) is 10.8. The van der Waals surface area contributed by atoms with E-state index in [-0.39, 0.29) is 51.4 Å². The van der Waals surface area contributed by atoms with Crippen molar-refractivity contribution in [1.82, 2.24) is 0 Å². The Hall–Kier alpha value is 0.286. The first-order valence-corrected chi connectivity index (χ1v) is 3.54. The van der Waals surface area contributed by atoms with Crippen LogP contribution in [0.25, 0.3) is 0 Å². The molecule has 0 aliphatic rings. The number of carboxylic acid groups (broad SMARTS) is 1. The van der Waals surface area contributed by atoms with Crippen molar-refractivity contribution in [2.75, 3.05) is 7.11 Å². The van der Waals surface area contributed by atoms with Crippen LogP contribution >= 0.6 is 0 Å². The number of ether oxygens (including phenoxy) is 1. The summed E-state index contributed by atoms with van der Waals surface area (Å²) >= 11 is 0. The van der Waals surface area contributed by atoms with E-state index in [1.165, 1.54) is 7.11 Å². The molecule has 0 amide bonds. The van der Waals surface area contributed by atoms with Gasteiger partial charge in [-0.2, -0.15) is 0 Å². The molecule has 0 saturated carbocycles. The van der Waals surface area contributed by atoms with Gasteiger partial charge in [-0.25, -0.2) is 0 Å². The summed E-state index contributed by atoms with van der Waals surface area (Å²) in [5.74, 6) is -1.22. The zero-order chi connectivity index (χ0) is 8.97. The number of carboxylic acids is 1. The molecule has 4 heteroatoms. The van der Waals surface area contributed by atoms with Gasteiger partial charge in [-0.05, 0) is 5.56 Å². The molecule has 0 aromatic heterocycles. The molecule has 1 atom stereocenters. The number of hydrogen-bond acceptors (Lipinski definition) is 3. The van der Waals surface area contributed by atoms with Crippen molar-refractivity contribution < 1.29 is 66.0 Å². The Morgan fingerprint density at radius 1 is 1.38 bits per heavy atom. The first-order chi connectivity index (χ1) is 5.75. The fraction of sp³-hybridized carbons (Fsp3) is 0.222.